The van der Waals surface area contributed by atoms with Gasteiger partial charge in [0.25, 0.3) is 0 Å². The van der Waals surface area contributed by atoms with Crippen LogP contribution in [0.4, 0.5) is 0 Å². The van der Waals surface area contributed by atoms with Gasteiger partial charge in [-0.1, -0.05) is 212 Å². The van der Waals surface area contributed by atoms with Crippen LogP contribution in [0.2, 0.25) is 0 Å². The molecule has 0 spiro atoms. The largest absolute Gasteiger partial charge is 0.456 e. The first-order valence-corrected chi connectivity index (χ1v) is 23.2. The Kier molecular flexibility index (Phi) is 9.76. The number of para-hydroxylation sites is 2. The van der Waals surface area contributed by atoms with Gasteiger partial charge in [-0.05, 0) is 69.3 Å². The van der Waals surface area contributed by atoms with E-state index in [9.17, 15) is 0 Å². The zero-order chi connectivity index (χ0) is 45.7. The third-order valence-electron chi connectivity index (χ3n) is 13.1. The van der Waals surface area contributed by atoms with E-state index in [1.165, 1.54) is 0 Å². The van der Waals surface area contributed by atoms with Gasteiger partial charge in [0.05, 0.1) is 11.2 Å². The fourth-order valence-electron chi connectivity index (χ4n) is 9.76. The van der Waals surface area contributed by atoms with Crippen LogP contribution in [0.1, 0.15) is 0 Å². The summed E-state index contributed by atoms with van der Waals surface area (Å²) >= 11 is 0. The average molecular weight is 881 g/mol. The van der Waals surface area contributed by atoms with E-state index >= 15 is 0 Å². The monoisotopic (exact) mass is 880 g/mol. The van der Waals surface area contributed by atoms with E-state index in [-0.39, 0.29) is 0 Å². The molecular formula is C64H40N4O. The van der Waals surface area contributed by atoms with Gasteiger partial charge in [-0.25, -0.2) is 19.9 Å². The maximum Gasteiger partial charge on any atom is 0.164 e. The molecule has 0 aliphatic carbocycles. The van der Waals surface area contributed by atoms with Crippen molar-refractivity contribution in [2.75, 3.05) is 0 Å². The molecule has 0 fully saturated rings. The molecule has 10 aromatic carbocycles. The van der Waals surface area contributed by atoms with Crippen molar-refractivity contribution in [3.05, 3.63) is 243 Å². The number of furan rings is 1. The minimum atomic E-state index is 0.595. The van der Waals surface area contributed by atoms with E-state index in [2.05, 4.69) is 224 Å². The third kappa shape index (κ3) is 7.30. The van der Waals surface area contributed by atoms with Gasteiger partial charge in [-0.15, -0.1) is 0 Å². The molecule has 0 bridgehead atoms. The summed E-state index contributed by atoms with van der Waals surface area (Å²) in [5.41, 5.74) is 16.2. The van der Waals surface area contributed by atoms with Crippen molar-refractivity contribution >= 4 is 43.6 Å². The highest BCUT2D eigenvalue weighted by molar-refractivity contribution is 6.27. The molecule has 3 aromatic heterocycles. The van der Waals surface area contributed by atoms with Crippen molar-refractivity contribution in [1.29, 1.82) is 0 Å². The Labute approximate surface area is 398 Å². The number of benzene rings is 10. The van der Waals surface area contributed by atoms with Crippen LogP contribution < -0.4 is 0 Å². The number of hydrogen-bond acceptors (Lipinski definition) is 5. The van der Waals surface area contributed by atoms with Crippen LogP contribution in [0, 0.1) is 0 Å². The highest BCUT2D eigenvalue weighted by Crippen LogP contribution is 2.46. The van der Waals surface area contributed by atoms with Gasteiger partial charge in [-0.2, -0.15) is 0 Å². The molecule has 0 radical (unpaired) electrons. The molecule has 0 amide bonds. The quantitative estimate of drug-likeness (QED) is 0.142. The second-order valence-corrected chi connectivity index (χ2v) is 17.3. The zero-order valence-corrected chi connectivity index (χ0v) is 37.3. The average Bonchev–Trinajstić information content (AvgIpc) is 3.81. The Morgan fingerprint density at radius 1 is 0.246 bits per heavy atom. The highest BCUT2D eigenvalue weighted by Gasteiger charge is 2.22. The van der Waals surface area contributed by atoms with Crippen LogP contribution in [0.3, 0.4) is 0 Å². The molecule has 0 atom stereocenters. The maximum absolute atomic E-state index is 6.65. The molecule has 0 saturated heterocycles. The van der Waals surface area contributed by atoms with E-state index in [4.69, 9.17) is 24.4 Å². The second-order valence-electron chi connectivity index (χ2n) is 17.3. The number of pyridine rings is 1. The number of aromatic nitrogens is 4. The zero-order valence-electron chi connectivity index (χ0n) is 37.3. The molecule has 13 rings (SSSR count). The first-order chi connectivity index (χ1) is 34.2. The summed E-state index contributed by atoms with van der Waals surface area (Å²) in [5.74, 6) is 1.81. The molecule has 3 heterocycles. The Bertz CT molecular complexity index is 3940. The molecular weight excluding hydrogens is 841 g/mol. The van der Waals surface area contributed by atoms with Gasteiger partial charge >= 0.3 is 0 Å². The Morgan fingerprint density at radius 3 is 1.29 bits per heavy atom. The molecule has 0 aliphatic rings. The van der Waals surface area contributed by atoms with Crippen LogP contribution in [0.5, 0.6) is 0 Å². The molecule has 0 N–H and O–H groups in total. The van der Waals surface area contributed by atoms with E-state index < -0.39 is 0 Å². The topological polar surface area (TPSA) is 64.7 Å². The minimum absolute atomic E-state index is 0.595. The fraction of sp³-hybridized carbons (Fsp3) is 0. The highest BCUT2D eigenvalue weighted by atomic mass is 16.3. The fourth-order valence-corrected chi connectivity index (χ4v) is 9.76. The predicted octanol–water partition coefficient (Wildman–Crippen LogP) is 16.8. The lowest BCUT2D eigenvalue weighted by molar-refractivity contribution is 0.669. The van der Waals surface area contributed by atoms with Gasteiger partial charge < -0.3 is 4.42 Å². The standard InChI is InChI=1S/C64H40N4O/c1-4-16-41(17-5-1)43-30-34-46(35-31-43)62-66-63(47-36-32-44(33-37-47)42-18-6-2-7-19-42)68-64(67-62)51-25-15-23-49(39-51)48-22-14-24-50(38-48)61-54-40-57-60(53-27-11-13-29-56(53)69-57)58(45-20-8-3-9-21-45)59(54)52-26-10-12-28-55(52)65-61/h1-40H. The molecule has 322 valence electrons. The summed E-state index contributed by atoms with van der Waals surface area (Å²) in [7, 11) is 0. The maximum atomic E-state index is 6.65. The summed E-state index contributed by atoms with van der Waals surface area (Å²) in [5, 5.41) is 5.48. The summed E-state index contributed by atoms with van der Waals surface area (Å²) in [6.45, 7) is 0. The minimum Gasteiger partial charge on any atom is -0.456 e. The van der Waals surface area contributed by atoms with Crippen LogP contribution in [-0.4, -0.2) is 19.9 Å². The Hall–Kier alpha value is -9.32. The third-order valence-corrected chi connectivity index (χ3v) is 13.1. The van der Waals surface area contributed by atoms with Gasteiger partial charge in [-0.3, -0.25) is 0 Å². The van der Waals surface area contributed by atoms with Gasteiger partial charge in [0.15, 0.2) is 17.5 Å². The van der Waals surface area contributed by atoms with Crippen LogP contribution >= 0.6 is 0 Å². The van der Waals surface area contributed by atoms with Crippen molar-refractivity contribution in [2.45, 2.75) is 0 Å². The van der Waals surface area contributed by atoms with Crippen molar-refractivity contribution in [2.24, 2.45) is 0 Å². The van der Waals surface area contributed by atoms with Gasteiger partial charge in [0, 0.05) is 54.7 Å². The van der Waals surface area contributed by atoms with Crippen LogP contribution in [0.15, 0.2) is 247 Å². The molecule has 0 saturated carbocycles. The second kappa shape index (κ2) is 16.8. The lowest BCUT2D eigenvalue weighted by Crippen LogP contribution is -2.00. The first kappa shape index (κ1) is 40.0. The van der Waals surface area contributed by atoms with Crippen molar-refractivity contribution in [3.63, 3.8) is 0 Å². The molecule has 0 aliphatic heterocycles. The summed E-state index contributed by atoms with van der Waals surface area (Å²) < 4.78 is 6.65. The van der Waals surface area contributed by atoms with E-state index in [1.54, 1.807) is 0 Å². The molecule has 69 heavy (non-hydrogen) atoms. The normalized spacial score (nSPS) is 11.5. The lowest BCUT2D eigenvalue weighted by atomic mass is 9.89. The summed E-state index contributed by atoms with van der Waals surface area (Å²) in [6.07, 6.45) is 0. The lowest BCUT2D eigenvalue weighted by Gasteiger charge is -2.16. The smallest absolute Gasteiger partial charge is 0.164 e. The first-order valence-electron chi connectivity index (χ1n) is 23.2. The number of rotatable bonds is 8. The van der Waals surface area contributed by atoms with Crippen molar-refractivity contribution in [3.8, 4) is 89.9 Å². The Balaban J connectivity index is 0.942. The molecule has 0 unspecified atom stereocenters. The summed E-state index contributed by atoms with van der Waals surface area (Å²) in [4.78, 5) is 20.8. The number of nitrogens with zero attached hydrogens (tertiary/aromatic N) is 4. The van der Waals surface area contributed by atoms with E-state index in [0.29, 0.717) is 17.5 Å². The molecule has 5 nitrogen and oxygen atoms in total. The molecule has 5 heteroatoms. The SMILES string of the molecule is c1ccc(-c2ccc(-c3nc(-c4ccc(-c5ccccc5)cc4)nc(-c4cccc(-c5cccc(-c6nc7ccccc7c7c(-c8ccccc8)c8c(cc67)oc6ccccc68)c5)c4)n3)cc2)cc1. The van der Waals surface area contributed by atoms with E-state index in [0.717, 1.165) is 116 Å². The van der Waals surface area contributed by atoms with Crippen LogP contribution in [0.25, 0.3) is 134 Å². The van der Waals surface area contributed by atoms with Crippen LogP contribution in [-0.2, 0) is 0 Å². The number of hydrogen-bond donors (Lipinski definition) is 0. The van der Waals surface area contributed by atoms with Gasteiger partial charge in [0.2, 0.25) is 0 Å². The number of fused-ring (bicyclic) bond motifs is 6. The van der Waals surface area contributed by atoms with Crippen molar-refractivity contribution in [1.82, 2.24) is 19.9 Å². The molecule has 13 aromatic rings. The Morgan fingerprint density at radius 2 is 0.681 bits per heavy atom. The predicted molar refractivity (Wildman–Crippen MR) is 283 cm³/mol. The van der Waals surface area contributed by atoms with Gasteiger partial charge in [0.1, 0.15) is 11.2 Å². The van der Waals surface area contributed by atoms with E-state index in [1.807, 2.05) is 18.2 Å². The van der Waals surface area contributed by atoms with Crippen molar-refractivity contribution < 1.29 is 4.42 Å². The summed E-state index contributed by atoms with van der Waals surface area (Å²) in [6, 6.07) is 84.5.